The molecule has 13 heteroatoms. The van der Waals surface area contributed by atoms with Crippen molar-refractivity contribution in [1.29, 1.82) is 0 Å². The second kappa shape index (κ2) is 13.0. The molecule has 232 valence electrons. The minimum Gasteiger partial charge on any atom is -0.481 e. The van der Waals surface area contributed by atoms with Gasteiger partial charge in [0.1, 0.15) is 11.9 Å². The molecule has 2 bridgehead atoms. The van der Waals surface area contributed by atoms with E-state index in [4.69, 9.17) is 21.1 Å². The molecule has 3 amide bonds. The summed E-state index contributed by atoms with van der Waals surface area (Å²) in [6.45, 7) is 1.95. The zero-order valence-corrected chi connectivity index (χ0v) is 25.0. The molecule has 2 aliphatic heterocycles. The first-order valence-electron chi connectivity index (χ1n) is 14.1. The number of fused-ring (bicyclic) bond motifs is 4. The summed E-state index contributed by atoms with van der Waals surface area (Å²) >= 11 is 5.88. The van der Waals surface area contributed by atoms with Gasteiger partial charge in [-0.1, -0.05) is 24.9 Å². The third-order valence-electron chi connectivity index (χ3n) is 7.85. The Morgan fingerprint density at radius 3 is 2.64 bits per heavy atom. The quantitative estimate of drug-likeness (QED) is 0.292. The Kier molecular flexibility index (Phi) is 9.19. The number of cyclic esters (lactones) is 1. The van der Waals surface area contributed by atoms with Crippen LogP contribution in [0.3, 0.4) is 0 Å². The van der Waals surface area contributed by atoms with Gasteiger partial charge in [0.05, 0.1) is 42.2 Å². The number of hydrogen-bond donors (Lipinski definition) is 2. The van der Waals surface area contributed by atoms with Crippen molar-refractivity contribution < 1.29 is 37.4 Å². The minimum atomic E-state index is -1.14. The molecular weight excluding hydrogens is 598 g/mol. The molecule has 3 atom stereocenters. The highest BCUT2D eigenvalue weighted by atomic mass is 35.5. The number of methoxy groups -OCH3 is 2. The predicted octanol–water partition coefficient (Wildman–Crippen LogP) is 7.25. The molecule has 3 aromatic rings. The summed E-state index contributed by atoms with van der Waals surface area (Å²) in [5, 5.41) is 5.29. The Morgan fingerprint density at radius 1 is 1.11 bits per heavy atom. The third kappa shape index (κ3) is 6.40. The van der Waals surface area contributed by atoms with E-state index in [9.17, 15) is 23.2 Å². The van der Waals surface area contributed by atoms with E-state index in [1.807, 2.05) is 0 Å². The maximum atomic E-state index is 14.7. The van der Waals surface area contributed by atoms with E-state index in [1.165, 1.54) is 19.1 Å². The first-order chi connectivity index (χ1) is 21.1. The number of hydrogen-bond acceptors (Lipinski definition) is 7. The standard InChI is InChI=1S/C31H31ClF2N4O6/c1-16-5-4-6-24(38-12-11-25(44-31(38)41)27-21(33)10-9-20(32)28(27)34)17-13-22(36-26(14-17)42-2)19-8-7-18(35-30(40)43-3)15-23(19)37-29(16)39/h7-10,13-16,24-25H,4-6,11-12H2,1-3H3,(H,35,40)(H,37,39)/t16?,24?,25-/m1/s1. The van der Waals surface area contributed by atoms with Gasteiger partial charge in [0.2, 0.25) is 11.8 Å². The van der Waals surface area contributed by atoms with Gasteiger partial charge in [-0.15, -0.1) is 0 Å². The van der Waals surface area contributed by atoms with Crippen molar-refractivity contribution in [2.24, 2.45) is 5.92 Å². The molecule has 44 heavy (non-hydrogen) atoms. The normalized spacial score (nSPS) is 20.3. The lowest BCUT2D eigenvalue weighted by Crippen LogP contribution is -2.42. The number of benzene rings is 2. The Labute approximate surface area is 257 Å². The molecular formula is C31H31ClF2N4O6. The maximum Gasteiger partial charge on any atom is 0.411 e. The molecule has 1 saturated heterocycles. The Balaban J connectivity index is 1.54. The van der Waals surface area contributed by atoms with Crippen LogP contribution in [0.4, 0.5) is 29.7 Å². The topological polar surface area (TPSA) is 119 Å². The van der Waals surface area contributed by atoms with Crippen molar-refractivity contribution in [3.8, 4) is 17.1 Å². The van der Waals surface area contributed by atoms with Crippen molar-refractivity contribution >= 4 is 41.1 Å². The van der Waals surface area contributed by atoms with Crippen LogP contribution in [0.25, 0.3) is 11.3 Å². The fraction of sp³-hybridized carbons (Fsp3) is 0.355. The van der Waals surface area contributed by atoms with Gasteiger partial charge in [0.15, 0.2) is 5.82 Å². The van der Waals surface area contributed by atoms with Crippen LogP contribution < -0.4 is 15.4 Å². The van der Waals surface area contributed by atoms with Crippen LogP contribution in [0.2, 0.25) is 5.02 Å². The highest BCUT2D eigenvalue weighted by Gasteiger charge is 2.37. The molecule has 0 radical (unpaired) electrons. The van der Waals surface area contributed by atoms with Crippen LogP contribution >= 0.6 is 11.6 Å². The molecule has 1 fully saturated rings. The first kappa shape index (κ1) is 31.0. The molecule has 0 spiro atoms. The SMILES string of the molecule is COC(=O)Nc1ccc2c(c1)NC(=O)C(C)CCCC(N1CC[C@H](c3c(F)ccc(Cl)c3F)OC1=O)c1cc(OC)nc-2c1. The van der Waals surface area contributed by atoms with Gasteiger partial charge in [-0.25, -0.2) is 23.4 Å². The van der Waals surface area contributed by atoms with Gasteiger partial charge in [-0.2, -0.15) is 0 Å². The predicted molar refractivity (Wildman–Crippen MR) is 159 cm³/mol. The first-order valence-corrected chi connectivity index (χ1v) is 14.4. The van der Waals surface area contributed by atoms with Crippen LogP contribution in [0.15, 0.2) is 42.5 Å². The molecule has 5 rings (SSSR count). The third-order valence-corrected chi connectivity index (χ3v) is 8.14. The molecule has 2 unspecified atom stereocenters. The average molecular weight is 629 g/mol. The van der Waals surface area contributed by atoms with E-state index in [0.717, 1.165) is 12.1 Å². The second-order valence-electron chi connectivity index (χ2n) is 10.7. The monoisotopic (exact) mass is 628 g/mol. The van der Waals surface area contributed by atoms with Crippen LogP contribution in [-0.2, 0) is 14.3 Å². The molecule has 2 aliphatic rings. The van der Waals surface area contributed by atoms with Gasteiger partial charge in [-0.3, -0.25) is 10.1 Å². The van der Waals surface area contributed by atoms with Gasteiger partial charge >= 0.3 is 12.2 Å². The number of amides is 3. The number of carbonyl (C=O) groups is 3. The number of halogens is 3. The van der Waals surface area contributed by atoms with E-state index in [1.54, 1.807) is 37.3 Å². The lowest BCUT2D eigenvalue weighted by Gasteiger charge is -2.38. The number of carbonyl (C=O) groups excluding carboxylic acids is 3. The van der Waals surface area contributed by atoms with Crippen LogP contribution in [0.1, 0.15) is 55.9 Å². The van der Waals surface area contributed by atoms with Crippen LogP contribution in [0.5, 0.6) is 5.88 Å². The molecule has 2 aromatic carbocycles. The summed E-state index contributed by atoms with van der Waals surface area (Å²) in [5.74, 6) is -2.14. The van der Waals surface area contributed by atoms with Gasteiger partial charge in [-0.05, 0) is 54.8 Å². The zero-order valence-electron chi connectivity index (χ0n) is 24.3. The average Bonchev–Trinajstić information content (AvgIpc) is 3.01. The van der Waals surface area contributed by atoms with Crippen LogP contribution in [-0.4, -0.2) is 48.7 Å². The van der Waals surface area contributed by atoms with Crippen molar-refractivity contribution in [2.75, 3.05) is 31.4 Å². The van der Waals surface area contributed by atoms with E-state index in [-0.39, 0.29) is 41.3 Å². The molecule has 2 N–H and O–H groups in total. The summed E-state index contributed by atoms with van der Waals surface area (Å²) in [6, 6.07) is 10.1. The van der Waals surface area contributed by atoms with Crippen molar-refractivity contribution in [3.05, 3.63) is 70.2 Å². The number of aromatic nitrogens is 1. The fourth-order valence-electron chi connectivity index (χ4n) is 5.51. The fourth-order valence-corrected chi connectivity index (χ4v) is 5.67. The van der Waals surface area contributed by atoms with E-state index in [2.05, 4.69) is 20.4 Å². The number of rotatable bonds is 4. The Morgan fingerprint density at radius 2 is 1.91 bits per heavy atom. The second-order valence-corrected chi connectivity index (χ2v) is 11.1. The maximum absolute atomic E-state index is 14.7. The number of ether oxygens (including phenoxy) is 3. The van der Waals surface area contributed by atoms with Gasteiger partial charge in [0, 0.05) is 36.2 Å². The molecule has 0 saturated carbocycles. The van der Waals surface area contributed by atoms with Crippen molar-refractivity contribution in [3.63, 3.8) is 0 Å². The summed E-state index contributed by atoms with van der Waals surface area (Å²) in [7, 11) is 2.71. The number of nitrogens with zero attached hydrogens (tertiary/aromatic N) is 2. The zero-order chi connectivity index (χ0) is 31.5. The van der Waals surface area contributed by atoms with Crippen molar-refractivity contribution in [1.82, 2.24) is 9.88 Å². The minimum absolute atomic E-state index is 0.128. The largest absolute Gasteiger partial charge is 0.481 e. The van der Waals surface area contributed by atoms with E-state index < -0.39 is 36.0 Å². The van der Waals surface area contributed by atoms with E-state index >= 15 is 0 Å². The van der Waals surface area contributed by atoms with Crippen molar-refractivity contribution in [2.45, 2.75) is 44.8 Å². The number of pyridine rings is 1. The lowest BCUT2D eigenvalue weighted by atomic mass is 9.93. The summed E-state index contributed by atoms with van der Waals surface area (Å²) in [6.07, 6.45) is -0.868. The van der Waals surface area contributed by atoms with Crippen LogP contribution in [0, 0.1) is 17.6 Å². The highest BCUT2D eigenvalue weighted by molar-refractivity contribution is 6.30. The smallest absolute Gasteiger partial charge is 0.411 e. The molecule has 10 nitrogen and oxygen atoms in total. The summed E-state index contributed by atoms with van der Waals surface area (Å²) in [5.41, 5.74) is 2.12. The molecule has 0 aliphatic carbocycles. The molecule has 3 heterocycles. The number of anilines is 2. The lowest BCUT2D eigenvalue weighted by molar-refractivity contribution is -0.119. The summed E-state index contributed by atoms with van der Waals surface area (Å²) in [4.78, 5) is 44.6. The Hall–Kier alpha value is -4.45. The molecule has 1 aromatic heterocycles. The summed E-state index contributed by atoms with van der Waals surface area (Å²) < 4.78 is 45.1. The number of nitrogens with one attached hydrogen (secondary N) is 2. The van der Waals surface area contributed by atoms with Gasteiger partial charge < -0.3 is 24.4 Å². The Bertz CT molecular complexity index is 1610. The van der Waals surface area contributed by atoms with Gasteiger partial charge in [0.25, 0.3) is 0 Å². The van der Waals surface area contributed by atoms with E-state index in [0.29, 0.717) is 47.5 Å². The highest BCUT2D eigenvalue weighted by Crippen LogP contribution is 2.40.